The van der Waals surface area contributed by atoms with E-state index < -0.39 is 0 Å². The third-order valence-electron chi connectivity index (χ3n) is 6.84. The molecule has 5 heteroatoms. The van der Waals surface area contributed by atoms with Gasteiger partial charge in [-0.05, 0) is 50.2 Å². The van der Waals surface area contributed by atoms with E-state index in [1.807, 2.05) is 6.08 Å². The van der Waals surface area contributed by atoms with Gasteiger partial charge in [-0.3, -0.25) is 9.79 Å². The molecule has 0 saturated heterocycles. The van der Waals surface area contributed by atoms with Gasteiger partial charge in [-0.2, -0.15) is 0 Å². The Morgan fingerprint density at radius 1 is 1.16 bits per heavy atom. The first-order valence-electron chi connectivity index (χ1n) is 12.1. The monoisotopic (exact) mass is 427 g/mol. The fourth-order valence-electron chi connectivity index (χ4n) is 5.05. The summed E-state index contributed by atoms with van der Waals surface area (Å²) in [4.78, 5) is 17.3. The largest absolute Gasteiger partial charge is 0.386 e. The number of amides is 1. The summed E-state index contributed by atoms with van der Waals surface area (Å²) >= 11 is 0. The third-order valence-corrected chi connectivity index (χ3v) is 6.84. The van der Waals surface area contributed by atoms with Crippen LogP contribution in [0.5, 0.6) is 0 Å². The molecule has 2 radical (unpaired) electrons. The highest BCUT2D eigenvalue weighted by Gasteiger charge is 2.23. The zero-order valence-electron chi connectivity index (χ0n) is 19.2. The van der Waals surface area contributed by atoms with Crippen molar-refractivity contribution in [2.45, 2.75) is 58.3 Å². The molecule has 2 N–H and O–H groups in total. The van der Waals surface area contributed by atoms with E-state index in [2.05, 4.69) is 54.0 Å². The van der Waals surface area contributed by atoms with Gasteiger partial charge in [0.25, 0.3) is 0 Å². The van der Waals surface area contributed by atoms with Gasteiger partial charge in [0, 0.05) is 42.4 Å². The third kappa shape index (κ3) is 5.82. The number of hydrogen-bond acceptors (Lipinski definition) is 3. The first-order chi connectivity index (χ1) is 15.6. The molecule has 1 aromatic carbocycles. The Bertz CT molecular complexity index is 953. The highest BCUT2D eigenvalue weighted by atomic mass is 16.1. The summed E-state index contributed by atoms with van der Waals surface area (Å²) in [6.45, 7) is 3.46. The van der Waals surface area contributed by atoms with Gasteiger partial charge in [-0.25, -0.2) is 0 Å². The number of rotatable bonds is 7. The van der Waals surface area contributed by atoms with E-state index in [1.54, 1.807) is 0 Å². The Hall–Kier alpha value is -2.56. The van der Waals surface area contributed by atoms with Crippen molar-refractivity contribution in [3.63, 3.8) is 0 Å². The predicted octanol–water partition coefficient (Wildman–Crippen LogP) is 4.70. The van der Waals surface area contributed by atoms with Crippen LogP contribution in [0, 0.1) is 18.8 Å². The van der Waals surface area contributed by atoms with Crippen LogP contribution in [0.2, 0.25) is 0 Å². The summed E-state index contributed by atoms with van der Waals surface area (Å²) < 4.78 is 0. The lowest BCUT2D eigenvalue weighted by Gasteiger charge is -2.22. The van der Waals surface area contributed by atoms with Crippen LogP contribution < -0.4 is 10.6 Å². The van der Waals surface area contributed by atoms with Crippen LogP contribution in [0.3, 0.4) is 0 Å². The number of fused-ring (bicyclic) bond motifs is 1. The SMILES string of the molecule is [B]C1=C2N=C(c3ccccc3C)C=C(NCCNC(=O)CC3CCCCC3)CC2CC=C1. The highest BCUT2D eigenvalue weighted by Crippen LogP contribution is 2.33. The molecule has 3 aliphatic rings. The molecule has 4 nitrogen and oxygen atoms in total. The van der Waals surface area contributed by atoms with E-state index in [0.717, 1.165) is 41.0 Å². The fourth-order valence-corrected chi connectivity index (χ4v) is 5.05. The minimum atomic E-state index is 0.186. The average Bonchev–Trinajstić information content (AvgIpc) is 2.98. The van der Waals surface area contributed by atoms with Gasteiger partial charge in [0.05, 0.1) is 5.71 Å². The Kier molecular flexibility index (Phi) is 7.67. The average molecular weight is 427 g/mol. The molecular formula is C27H34BN3O. The molecule has 0 aromatic heterocycles. The zero-order valence-corrected chi connectivity index (χ0v) is 19.2. The second kappa shape index (κ2) is 10.8. The van der Waals surface area contributed by atoms with Gasteiger partial charge in [0.2, 0.25) is 5.91 Å². The molecule has 166 valence electrons. The van der Waals surface area contributed by atoms with Crippen molar-refractivity contribution < 1.29 is 4.79 Å². The van der Waals surface area contributed by atoms with E-state index in [9.17, 15) is 4.79 Å². The van der Waals surface area contributed by atoms with E-state index in [1.165, 1.54) is 37.7 Å². The Balaban J connectivity index is 1.40. The number of aliphatic imine (C=N–C) groups is 1. The molecule has 1 atom stereocenters. The van der Waals surface area contributed by atoms with Crippen molar-refractivity contribution in [1.29, 1.82) is 0 Å². The summed E-state index contributed by atoms with van der Waals surface area (Å²) in [5, 5.41) is 6.67. The number of carbonyl (C=O) groups is 1. The smallest absolute Gasteiger partial charge is 0.220 e. The highest BCUT2D eigenvalue weighted by molar-refractivity contribution is 6.24. The van der Waals surface area contributed by atoms with Gasteiger partial charge >= 0.3 is 0 Å². The van der Waals surface area contributed by atoms with Crippen LogP contribution in [-0.4, -0.2) is 32.6 Å². The van der Waals surface area contributed by atoms with Crippen molar-refractivity contribution in [1.82, 2.24) is 10.6 Å². The Labute approximate surface area is 193 Å². The van der Waals surface area contributed by atoms with Gasteiger partial charge in [-0.1, -0.05) is 61.2 Å². The molecule has 1 unspecified atom stereocenters. The number of nitrogens with zero attached hydrogens (tertiary/aromatic N) is 1. The van der Waals surface area contributed by atoms with Gasteiger partial charge in [-0.15, -0.1) is 0 Å². The Morgan fingerprint density at radius 2 is 1.97 bits per heavy atom. The van der Waals surface area contributed by atoms with E-state index in [4.69, 9.17) is 12.8 Å². The number of hydrogen-bond donors (Lipinski definition) is 2. The van der Waals surface area contributed by atoms with Crippen LogP contribution >= 0.6 is 0 Å². The molecule has 1 aliphatic heterocycles. The number of carbonyl (C=O) groups excluding carboxylic acids is 1. The van der Waals surface area contributed by atoms with Crippen molar-refractivity contribution in [2.24, 2.45) is 16.8 Å². The van der Waals surface area contributed by atoms with E-state index >= 15 is 0 Å². The molecule has 1 amide bonds. The molecule has 1 saturated carbocycles. The Morgan fingerprint density at radius 3 is 2.78 bits per heavy atom. The molecule has 0 bridgehead atoms. The van der Waals surface area contributed by atoms with Crippen molar-refractivity contribution in [3.05, 3.63) is 70.5 Å². The van der Waals surface area contributed by atoms with Crippen molar-refractivity contribution in [2.75, 3.05) is 13.1 Å². The predicted molar refractivity (Wildman–Crippen MR) is 133 cm³/mol. The molecular weight excluding hydrogens is 393 g/mol. The maximum Gasteiger partial charge on any atom is 0.220 e. The summed E-state index contributed by atoms with van der Waals surface area (Å²) in [5.41, 5.74) is 6.17. The van der Waals surface area contributed by atoms with Crippen LogP contribution in [-0.2, 0) is 4.79 Å². The lowest BCUT2D eigenvalue weighted by atomic mass is 9.81. The zero-order chi connectivity index (χ0) is 22.3. The molecule has 1 fully saturated rings. The summed E-state index contributed by atoms with van der Waals surface area (Å²) in [5.74, 6) is 1.04. The molecule has 32 heavy (non-hydrogen) atoms. The van der Waals surface area contributed by atoms with Crippen LogP contribution in [0.1, 0.15) is 62.5 Å². The van der Waals surface area contributed by atoms with Gasteiger partial charge in [0.1, 0.15) is 7.85 Å². The summed E-state index contributed by atoms with van der Waals surface area (Å²) in [6, 6.07) is 8.33. The van der Waals surface area contributed by atoms with Crippen molar-refractivity contribution >= 4 is 19.5 Å². The summed E-state index contributed by atoms with van der Waals surface area (Å²) in [6.07, 6.45) is 15.0. The maximum atomic E-state index is 12.3. The fraction of sp³-hybridized carbons (Fsp3) is 0.481. The normalized spacial score (nSPS) is 21.3. The molecule has 2 aliphatic carbocycles. The number of benzene rings is 1. The minimum absolute atomic E-state index is 0.186. The van der Waals surface area contributed by atoms with Crippen LogP contribution in [0.4, 0.5) is 0 Å². The standard InChI is InChI=1S/C27H34BN3O/c1-19-8-5-6-12-23(19)25-18-22(17-21-11-7-13-24(28)27(21)31-25)29-14-15-30-26(32)16-20-9-3-2-4-10-20/h5-8,12-13,18,20-21,29H,2-4,9-11,14-17H2,1H3,(H,30,32). The van der Waals surface area contributed by atoms with Crippen LogP contribution in [0.25, 0.3) is 0 Å². The second-order valence-corrected chi connectivity index (χ2v) is 9.35. The lowest BCUT2D eigenvalue weighted by Crippen LogP contribution is -2.33. The minimum Gasteiger partial charge on any atom is -0.386 e. The summed E-state index contributed by atoms with van der Waals surface area (Å²) in [7, 11) is 6.31. The quantitative estimate of drug-likeness (QED) is 0.490. The molecule has 4 rings (SSSR count). The van der Waals surface area contributed by atoms with Gasteiger partial charge in [0.15, 0.2) is 0 Å². The topological polar surface area (TPSA) is 53.5 Å². The van der Waals surface area contributed by atoms with Gasteiger partial charge < -0.3 is 10.6 Å². The second-order valence-electron chi connectivity index (χ2n) is 9.35. The molecule has 1 aromatic rings. The molecule has 1 heterocycles. The van der Waals surface area contributed by atoms with Crippen molar-refractivity contribution in [3.8, 4) is 0 Å². The van der Waals surface area contributed by atoms with Crippen LogP contribution in [0.15, 0.2) is 64.4 Å². The molecule has 0 spiro atoms. The first kappa shape index (κ1) is 22.6. The first-order valence-corrected chi connectivity index (χ1v) is 12.1. The maximum absolute atomic E-state index is 12.3. The number of nitrogens with one attached hydrogen (secondary N) is 2. The van der Waals surface area contributed by atoms with E-state index in [-0.39, 0.29) is 11.8 Å². The van der Waals surface area contributed by atoms with E-state index in [0.29, 0.717) is 25.4 Å². The lowest BCUT2D eigenvalue weighted by molar-refractivity contribution is -0.122. The number of allylic oxidation sites excluding steroid dienone is 6. The number of aryl methyl sites for hydroxylation is 1.